The maximum atomic E-state index is 2.33. The van der Waals surface area contributed by atoms with Crippen LogP contribution in [0.5, 0.6) is 0 Å². The van der Waals surface area contributed by atoms with Gasteiger partial charge in [-0.1, -0.05) is 33.1 Å². The molecule has 0 spiro atoms. The second-order valence-electron chi connectivity index (χ2n) is 3.20. The van der Waals surface area contributed by atoms with E-state index in [1.165, 1.54) is 32.1 Å². The van der Waals surface area contributed by atoms with E-state index < -0.39 is 0 Å². The average molecular weight is 125 g/mol. The average Bonchev–Trinajstić information content (AvgIpc) is 1.89. The van der Waals surface area contributed by atoms with E-state index in [9.17, 15) is 0 Å². The molecule has 0 saturated heterocycles. The van der Waals surface area contributed by atoms with Crippen molar-refractivity contribution in [3.63, 3.8) is 0 Å². The molecule has 0 heteroatoms. The maximum absolute atomic E-state index is 2.33. The van der Waals surface area contributed by atoms with Crippen molar-refractivity contribution in [1.29, 1.82) is 0 Å². The van der Waals surface area contributed by atoms with Gasteiger partial charge < -0.3 is 0 Å². The summed E-state index contributed by atoms with van der Waals surface area (Å²) >= 11 is 0. The lowest BCUT2D eigenvalue weighted by Gasteiger charge is -2.26. The highest BCUT2D eigenvalue weighted by Gasteiger charge is 2.18. The van der Waals surface area contributed by atoms with Crippen molar-refractivity contribution in [2.75, 3.05) is 0 Å². The van der Waals surface area contributed by atoms with Crippen LogP contribution in [0.2, 0.25) is 0 Å². The Morgan fingerprint density at radius 3 is 2.67 bits per heavy atom. The fourth-order valence-corrected chi connectivity index (χ4v) is 1.80. The fourth-order valence-electron chi connectivity index (χ4n) is 1.80. The summed E-state index contributed by atoms with van der Waals surface area (Å²) in [6, 6.07) is 0. The molecular weight excluding hydrogens is 108 g/mol. The zero-order valence-electron chi connectivity index (χ0n) is 6.61. The van der Waals surface area contributed by atoms with E-state index >= 15 is 0 Å². The predicted octanol–water partition coefficient (Wildman–Crippen LogP) is 3.18. The molecule has 1 aliphatic rings. The first-order chi connectivity index (χ1) is 4.34. The molecule has 0 aromatic heterocycles. The van der Waals surface area contributed by atoms with Gasteiger partial charge in [-0.05, 0) is 24.7 Å². The predicted molar refractivity (Wildman–Crippen MR) is 41.2 cm³/mol. The van der Waals surface area contributed by atoms with E-state index in [1.807, 2.05) is 0 Å². The van der Waals surface area contributed by atoms with E-state index in [-0.39, 0.29) is 0 Å². The third-order valence-corrected chi connectivity index (χ3v) is 2.56. The maximum Gasteiger partial charge on any atom is -0.0241 e. The minimum Gasteiger partial charge on any atom is -0.0651 e. The molecule has 1 unspecified atom stereocenters. The van der Waals surface area contributed by atoms with Gasteiger partial charge in [0.25, 0.3) is 0 Å². The molecule has 0 heterocycles. The van der Waals surface area contributed by atoms with Gasteiger partial charge in [0, 0.05) is 0 Å². The summed E-state index contributed by atoms with van der Waals surface area (Å²) in [6.07, 6.45) is 7.14. The monoisotopic (exact) mass is 125 g/mol. The van der Waals surface area contributed by atoms with E-state index in [0.29, 0.717) is 0 Å². The lowest BCUT2D eigenvalue weighted by atomic mass is 9.79. The van der Waals surface area contributed by atoms with Crippen molar-refractivity contribution in [3.05, 3.63) is 5.92 Å². The summed E-state index contributed by atoms with van der Waals surface area (Å²) < 4.78 is 0. The lowest BCUT2D eigenvalue weighted by Crippen LogP contribution is -2.13. The summed E-state index contributed by atoms with van der Waals surface area (Å²) in [5.74, 6) is 2.72. The largest absolute Gasteiger partial charge is 0.0651 e. The summed E-state index contributed by atoms with van der Waals surface area (Å²) in [7, 11) is 0. The summed E-state index contributed by atoms with van der Waals surface area (Å²) in [6.45, 7) is 4.63. The van der Waals surface area contributed by atoms with Gasteiger partial charge in [0.2, 0.25) is 0 Å². The Kier molecular flexibility index (Phi) is 2.56. The first-order valence-corrected chi connectivity index (χ1v) is 4.17. The smallest absolute Gasteiger partial charge is 0.0241 e. The Morgan fingerprint density at radius 1 is 1.44 bits per heavy atom. The van der Waals surface area contributed by atoms with Gasteiger partial charge in [0.15, 0.2) is 0 Å². The van der Waals surface area contributed by atoms with Gasteiger partial charge in [0.1, 0.15) is 0 Å². The Balaban J connectivity index is 2.30. The van der Waals surface area contributed by atoms with Crippen molar-refractivity contribution in [1.82, 2.24) is 0 Å². The van der Waals surface area contributed by atoms with Gasteiger partial charge in [-0.15, -0.1) is 0 Å². The normalized spacial score (nSPS) is 30.7. The van der Waals surface area contributed by atoms with Crippen LogP contribution in [0.15, 0.2) is 0 Å². The van der Waals surface area contributed by atoms with E-state index in [2.05, 4.69) is 13.8 Å². The Morgan fingerprint density at radius 2 is 2.22 bits per heavy atom. The van der Waals surface area contributed by atoms with Crippen LogP contribution in [-0.2, 0) is 0 Å². The highest BCUT2D eigenvalue weighted by molar-refractivity contribution is 4.94. The molecule has 1 aliphatic carbocycles. The van der Waals surface area contributed by atoms with E-state index in [4.69, 9.17) is 0 Å². The highest BCUT2D eigenvalue weighted by Crippen LogP contribution is 2.32. The van der Waals surface area contributed by atoms with Crippen LogP contribution in [0.3, 0.4) is 0 Å². The van der Waals surface area contributed by atoms with Gasteiger partial charge in [-0.3, -0.25) is 0 Å². The molecule has 0 aromatic rings. The van der Waals surface area contributed by atoms with Crippen LogP contribution in [0.4, 0.5) is 0 Å². The van der Waals surface area contributed by atoms with Crippen molar-refractivity contribution < 1.29 is 0 Å². The third kappa shape index (κ3) is 1.70. The second-order valence-corrected chi connectivity index (χ2v) is 3.20. The number of rotatable bonds is 1. The summed E-state index contributed by atoms with van der Waals surface area (Å²) in [5.41, 5.74) is 0. The molecule has 1 fully saturated rings. The fraction of sp³-hybridized carbons (Fsp3) is 0.889. The molecule has 0 aromatic carbocycles. The summed E-state index contributed by atoms with van der Waals surface area (Å²) in [4.78, 5) is 0. The van der Waals surface area contributed by atoms with Crippen molar-refractivity contribution in [2.45, 2.75) is 46.0 Å². The zero-order chi connectivity index (χ0) is 6.69. The molecule has 0 amide bonds. The van der Waals surface area contributed by atoms with Crippen molar-refractivity contribution >= 4 is 0 Å². The molecule has 1 rings (SSSR count). The Hall–Kier alpha value is 0. The van der Waals surface area contributed by atoms with Crippen LogP contribution in [0.25, 0.3) is 0 Å². The van der Waals surface area contributed by atoms with Gasteiger partial charge in [-0.2, -0.15) is 0 Å². The molecule has 0 bridgehead atoms. The minimum absolute atomic E-state index is 0.971. The van der Waals surface area contributed by atoms with Crippen LogP contribution >= 0.6 is 0 Å². The van der Waals surface area contributed by atoms with Gasteiger partial charge in [-0.25, -0.2) is 0 Å². The molecule has 0 N–H and O–H groups in total. The highest BCUT2D eigenvalue weighted by atomic mass is 14.2. The van der Waals surface area contributed by atoms with Crippen LogP contribution < -0.4 is 0 Å². The quantitative estimate of drug-likeness (QED) is 0.505. The number of hydrogen-bond donors (Lipinski definition) is 0. The Bertz CT molecular complexity index is 76.1. The molecule has 1 radical (unpaired) electrons. The molecule has 0 aliphatic heterocycles. The van der Waals surface area contributed by atoms with Crippen LogP contribution in [0, 0.1) is 11.8 Å². The van der Waals surface area contributed by atoms with E-state index in [0.717, 1.165) is 5.92 Å². The number of hydrogen-bond acceptors (Lipinski definition) is 0. The van der Waals surface area contributed by atoms with Crippen molar-refractivity contribution in [2.24, 2.45) is 5.92 Å². The van der Waals surface area contributed by atoms with Gasteiger partial charge >= 0.3 is 0 Å². The molecule has 0 nitrogen and oxygen atoms in total. The topological polar surface area (TPSA) is 0 Å². The lowest BCUT2D eigenvalue weighted by molar-refractivity contribution is 0.387. The molecule has 1 atom stereocenters. The first-order valence-electron chi connectivity index (χ1n) is 4.17. The minimum atomic E-state index is 0.971. The van der Waals surface area contributed by atoms with Gasteiger partial charge in [0.05, 0.1) is 0 Å². The molecule has 53 valence electrons. The first kappa shape index (κ1) is 7.11. The summed E-state index contributed by atoms with van der Waals surface area (Å²) in [5, 5.41) is 0. The zero-order valence-corrected chi connectivity index (χ0v) is 6.61. The van der Waals surface area contributed by atoms with Crippen molar-refractivity contribution in [3.8, 4) is 0 Å². The van der Waals surface area contributed by atoms with Crippen LogP contribution in [-0.4, -0.2) is 0 Å². The standard InChI is InChI=1S/C9H17/c1-3-9-7-5-4-6-8(9)2/h9H,3-7H2,1-2H3. The Labute approximate surface area is 58.7 Å². The molecule has 9 heavy (non-hydrogen) atoms. The van der Waals surface area contributed by atoms with Crippen LogP contribution in [0.1, 0.15) is 46.0 Å². The molecular formula is C9H17. The SMILES string of the molecule is CCC1CCCC[C]1C. The van der Waals surface area contributed by atoms with E-state index in [1.54, 1.807) is 5.92 Å². The molecule has 1 saturated carbocycles. The third-order valence-electron chi connectivity index (χ3n) is 2.56. The second kappa shape index (κ2) is 3.24.